The number of esters is 2. The fraction of sp³-hybridized carbons (Fsp3) is 0.294. The molecule has 49 heavy (non-hydrogen) atoms. The van der Waals surface area contributed by atoms with Crippen LogP contribution in [0.1, 0.15) is 50.6 Å². The lowest BCUT2D eigenvalue weighted by Gasteiger charge is -2.49. The number of hydrogen-bond acceptors (Lipinski definition) is 12. The second kappa shape index (κ2) is 14.8. The van der Waals surface area contributed by atoms with Crippen molar-refractivity contribution in [2.45, 2.75) is 56.9 Å². The number of nitrogen functional groups attached to an aromatic ring is 1. The van der Waals surface area contributed by atoms with Crippen LogP contribution in [0.2, 0.25) is 4.34 Å². The average molecular weight is 724 g/mol. The molecule has 1 fully saturated rings. The van der Waals surface area contributed by atoms with Crippen LogP contribution < -0.4 is 11.1 Å². The number of fused-ring (bicyclic) bond motifs is 1. The normalized spacial score (nSPS) is 18.3. The summed E-state index contributed by atoms with van der Waals surface area (Å²) in [5, 5.41) is 5.96. The summed E-state index contributed by atoms with van der Waals surface area (Å²) in [6, 6.07) is 17.5. The Hall–Kier alpha value is -4.66. The number of benzene rings is 2. The first-order valence-electron chi connectivity index (χ1n) is 15.1. The molecular weight excluding hydrogens is 690 g/mol. The number of oxime groups is 1. The number of anilines is 1. The van der Waals surface area contributed by atoms with E-state index in [-0.39, 0.29) is 20.9 Å². The van der Waals surface area contributed by atoms with Crippen LogP contribution in [0.4, 0.5) is 5.13 Å². The molecule has 256 valence electrons. The van der Waals surface area contributed by atoms with Gasteiger partial charge in [0.25, 0.3) is 11.8 Å². The molecule has 0 bridgehead atoms. The first-order chi connectivity index (χ1) is 23.3. The average Bonchev–Trinajstić information content (AvgIpc) is 3.41. The Morgan fingerprint density at radius 2 is 1.73 bits per heavy atom. The molecule has 0 spiro atoms. The van der Waals surface area contributed by atoms with Crippen molar-refractivity contribution in [3.05, 3.63) is 106 Å². The van der Waals surface area contributed by atoms with E-state index in [0.717, 1.165) is 22.5 Å². The summed E-state index contributed by atoms with van der Waals surface area (Å²) in [5.74, 6) is -2.53. The first-order valence-corrected chi connectivity index (χ1v) is 17.3. The van der Waals surface area contributed by atoms with Gasteiger partial charge in [-0.1, -0.05) is 101 Å². The molecule has 0 saturated carbocycles. The number of halogens is 1. The maximum atomic E-state index is 13.9. The zero-order valence-corrected chi connectivity index (χ0v) is 29.4. The van der Waals surface area contributed by atoms with E-state index in [2.05, 4.69) is 22.0 Å². The van der Waals surface area contributed by atoms with Gasteiger partial charge < -0.3 is 25.4 Å². The predicted molar refractivity (Wildman–Crippen MR) is 188 cm³/mol. The summed E-state index contributed by atoms with van der Waals surface area (Å²) in [4.78, 5) is 64.4. The standard InChI is InChI=1S/C34H34ClN5O7S2/c1-6-19-17-48-30-24(37-28(41)23(22-27(35)49-33(36)38-22)39-47-18(2)31(43)46-34(3,4)5)29(42)40(30)25(19)32(44)45-26(20-13-9-7-10-14-20)21-15-11-8-12-16-21/h6-16,18,24,26,30H,1,17H2,2-5H3,(H2,36,38)(H,37,41)/b39-23-/t18?,24?,30-/m1/s1. The lowest BCUT2D eigenvalue weighted by molar-refractivity contribution is -0.167. The van der Waals surface area contributed by atoms with Crippen molar-refractivity contribution in [3.63, 3.8) is 0 Å². The minimum atomic E-state index is -1.20. The number of nitrogens with two attached hydrogens (primary N) is 1. The molecule has 1 saturated heterocycles. The Morgan fingerprint density at radius 1 is 1.12 bits per heavy atom. The van der Waals surface area contributed by atoms with Crippen molar-refractivity contribution in [1.82, 2.24) is 15.2 Å². The van der Waals surface area contributed by atoms with Crippen LogP contribution in [0, 0.1) is 0 Å². The number of allylic oxidation sites excluding steroid dienone is 1. The highest BCUT2D eigenvalue weighted by Crippen LogP contribution is 2.42. The third-order valence-corrected chi connectivity index (χ3v) is 9.62. The van der Waals surface area contributed by atoms with Gasteiger partial charge >= 0.3 is 11.9 Å². The van der Waals surface area contributed by atoms with E-state index in [1.54, 1.807) is 20.8 Å². The number of carbonyl (C=O) groups excluding carboxylic acids is 4. The molecule has 3 aromatic rings. The minimum absolute atomic E-state index is 0.0449. The van der Waals surface area contributed by atoms with E-state index in [0.29, 0.717) is 11.3 Å². The molecule has 0 radical (unpaired) electrons. The number of hydrogen-bond donors (Lipinski definition) is 2. The van der Waals surface area contributed by atoms with Gasteiger partial charge in [-0.3, -0.25) is 14.5 Å². The maximum Gasteiger partial charge on any atom is 0.356 e. The summed E-state index contributed by atoms with van der Waals surface area (Å²) in [6.07, 6.45) is -0.426. The number of nitrogens with one attached hydrogen (secondary N) is 1. The molecule has 3 atom stereocenters. The molecular formula is C34H34ClN5O7S2. The van der Waals surface area contributed by atoms with Gasteiger partial charge in [0, 0.05) is 5.75 Å². The Kier molecular flexibility index (Phi) is 10.8. The number of thioether (sulfide) groups is 1. The molecule has 3 N–H and O–H groups in total. The lowest BCUT2D eigenvalue weighted by Crippen LogP contribution is -2.71. The highest BCUT2D eigenvalue weighted by Gasteiger charge is 2.54. The van der Waals surface area contributed by atoms with E-state index >= 15 is 0 Å². The Labute approximate surface area is 296 Å². The molecule has 3 heterocycles. The third-order valence-electron chi connectivity index (χ3n) is 7.24. The van der Waals surface area contributed by atoms with Crippen LogP contribution in [-0.2, 0) is 33.5 Å². The van der Waals surface area contributed by atoms with Crippen molar-refractivity contribution in [1.29, 1.82) is 0 Å². The molecule has 2 aromatic carbocycles. The summed E-state index contributed by atoms with van der Waals surface area (Å²) in [7, 11) is 0. The van der Waals surface area contributed by atoms with Crippen LogP contribution in [-0.4, -0.2) is 68.2 Å². The summed E-state index contributed by atoms with van der Waals surface area (Å²) < 4.78 is 11.4. The number of nitrogens with zero attached hydrogens (tertiary/aromatic N) is 3. The van der Waals surface area contributed by atoms with E-state index in [1.165, 1.54) is 29.7 Å². The Balaban J connectivity index is 1.37. The van der Waals surface area contributed by atoms with Crippen molar-refractivity contribution in [3.8, 4) is 0 Å². The van der Waals surface area contributed by atoms with Crippen LogP contribution in [0.25, 0.3) is 0 Å². The molecule has 2 aliphatic heterocycles. The zero-order valence-electron chi connectivity index (χ0n) is 27.0. The van der Waals surface area contributed by atoms with Crippen LogP contribution in [0.5, 0.6) is 0 Å². The van der Waals surface area contributed by atoms with Crippen molar-refractivity contribution in [2.24, 2.45) is 5.16 Å². The van der Waals surface area contributed by atoms with Crippen molar-refractivity contribution >= 4 is 69.3 Å². The third kappa shape index (κ3) is 7.98. The quantitative estimate of drug-likeness (QED) is 0.119. The zero-order chi connectivity index (χ0) is 35.5. The number of β-lactam (4-membered cyclic amide) rings is 1. The first kappa shape index (κ1) is 35.6. The molecule has 2 amide bonds. The number of ether oxygens (including phenoxy) is 2. The number of aromatic nitrogens is 1. The van der Waals surface area contributed by atoms with Gasteiger partial charge in [0.2, 0.25) is 6.10 Å². The van der Waals surface area contributed by atoms with Gasteiger partial charge in [-0.15, -0.1) is 11.8 Å². The van der Waals surface area contributed by atoms with Crippen LogP contribution in [0.3, 0.4) is 0 Å². The second-order valence-electron chi connectivity index (χ2n) is 11.9. The minimum Gasteiger partial charge on any atom is -0.457 e. The maximum absolute atomic E-state index is 13.9. The number of amides is 2. The smallest absolute Gasteiger partial charge is 0.356 e. The number of rotatable bonds is 11. The fourth-order valence-corrected chi connectivity index (χ4v) is 7.23. The van der Waals surface area contributed by atoms with Gasteiger partial charge in [-0.25, -0.2) is 14.6 Å². The van der Waals surface area contributed by atoms with Gasteiger partial charge in [0.1, 0.15) is 32.7 Å². The molecule has 2 unspecified atom stereocenters. The molecule has 0 aliphatic carbocycles. The van der Waals surface area contributed by atoms with Crippen molar-refractivity contribution in [2.75, 3.05) is 11.5 Å². The molecule has 2 aliphatic rings. The molecule has 12 nitrogen and oxygen atoms in total. The van der Waals surface area contributed by atoms with Gasteiger partial charge in [0.05, 0.1) is 0 Å². The Bertz CT molecular complexity index is 1790. The topological polar surface area (TPSA) is 163 Å². The SMILES string of the molecule is C=CC1=C(C(=O)OC(c2ccccc2)c2ccccc2)N2C(=O)C(NC(=O)/C(=N\OC(C)C(=O)OC(C)(C)C)c3nc(N)sc3Cl)[C@H]2SC1. The second-order valence-corrected chi connectivity index (χ2v) is 14.7. The molecule has 1 aromatic heterocycles. The lowest BCUT2D eigenvalue weighted by atomic mass is 10.0. The highest BCUT2D eigenvalue weighted by atomic mass is 35.5. The number of thiazole rings is 1. The van der Waals surface area contributed by atoms with Gasteiger partial charge in [0.15, 0.2) is 16.9 Å². The monoisotopic (exact) mass is 723 g/mol. The number of carbonyl (C=O) groups is 4. The highest BCUT2D eigenvalue weighted by molar-refractivity contribution is 8.00. The summed E-state index contributed by atoms with van der Waals surface area (Å²) in [6.45, 7) is 10.3. The van der Waals surface area contributed by atoms with Crippen LogP contribution >= 0.6 is 34.7 Å². The molecule has 15 heteroatoms. The largest absolute Gasteiger partial charge is 0.457 e. The van der Waals surface area contributed by atoms with E-state index < -0.39 is 58.7 Å². The van der Waals surface area contributed by atoms with Crippen molar-refractivity contribution < 1.29 is 33.5 Å². The van der Waals surface area contributed by atoms with E-state index in [9.17, 15) is 19.2 Å². The van der Waals surface area contributed by atoms with E-state index in [4.69, 9.17) is 31.6 Å². The summed E-state index contributed by atoms with van der Waals surface area (Å²) in [5.41, 5.74) is 6.60. The predicted octanol–water partition coefficient (Wildman–Crippen LogP) is 5.00. The van der Waals surface area contributed by atoms with Gasteiger partial charge in [-0.2, -0.15) is 0 Å². The summed E-state index contributed by atoms with van der Waals surface area (Å²) >= 11 is 8.55. The van der Waals surface area contributed by atoms with E-state index in [1.807, 2.05) is 60.7 Å². The Morgan fingerprint density at radius 3 is 2.27 bits per heavy atom. The van der Waals surface area contributed by atoms with Crippen LogP contribution in [0.15, 0.2) is 89.7 Å². The fourth-order valence-electron chi connectivity index (χ4n) is 4.96. The van der Waals surface area contributed by atoms with Gasteiger partial charge in [-0.05, 0) is 44.4 Å². The molecule has 5 rings (SSSR count).